The van der Waals surface area contributed by atoms with Crippen LogP contribution in [0.25, 0.3) is 0 Å². The zero-order chi connectivity index (χ0) is 13.3. The summed E-state index contributed by atoms with van der Waals surface area (Å²) in [5.74, 6) is -3.96. The molecule has 18 heavy (non-hydrogen) atoms. The highest BCUT2D eigenvalue weighted by Gasteiger charge is 2.20. The Morgan fingerprint density at radius 2 is 1.50 bits per heavy atom. The predicted octanol–water partition coefficient (Wildman–Crippen LogP) is 2.69. The molecule has 1 aromatic heterocycles. The minimum atomic E-state index is -1.26. The summed E-state index contributed by atoms with van der Waals surface area (Å²) in [7, 11) is 0. The van der Waals surface area contributed by atoms with Crippen molar-refractivity contribution in [3.63, 3.8) is 0 Å². The SMILES string of the molecule is NC(c1cncc(F)c1)c1c(F)cc(F)cc1F. The van der Waals surface area contributed by atoms with Gasteiger partial charge in [0.15, 0.2) is 0 Å². The smallest absolute Gasteiger partial charge is 0.141 e. The van der Waals surface area contributed by atoms with E-state index >= 15 is 0 Å². The normalized spacial score (nSPS) is 12.5. The summed E-state index contributed by atoms with van der Waals surface area (Å²) in [4.78, 5) is 3.53. The van der Waals surface area contributed by atoms with Gasteiger partial charge in [-0.05, 0) is 11.6 Å². The van der Waals surface area contributed by atoms with Crippen LogP contribution < -0.4 is 5.73 Å². The molecule has 1 heterocycles. The number of pyridine rings is 1. The minimum Gasteiger partial charge on any atom is -0.320 e. The molecule has 2 N–H and O–H groups in total. The highest BCUT2D eigenvalue weighted by molar-refractivity contribution is 5.32. The van der Waals surface area contributed by atoms with Crippen molar-refractivity contribution in [1.29, 1.82) is 0 Å². The van der Waals surface area contributed by atoms with Crippen LogP contribution in [0.3, 0.4) is 0 Å². The van der Waals surface area contributed by atoms with E-state index in [0.29, 0.717) is 12.1 Å². The molecule has 1 aromatic carbocycles. The molecule has 0 aliphatic carbocycles. The fourth-order valence-corrected chi connectivity index (χ4v) is 1.62. The van der Waals surface area contributed by atoms with E-state index < -0.39 is 34.9 Å². The first-order valence-electron chi connectivity index (χ1n) is 4.99. The highest BCUT2D eigenvalue weighted by atomic mass is 19.1. The van der Waals surface area contributed by atoms with Crippen molar-refractivity contribution in [3.05, 3.63) is 65.0 Å². The summed E-state index contributed by atoms with van der Waals surface area (Å²) in [6, 6.07) is 0.796. The Morgan fingerprint density at radius 1 is 0.889 bits per heavy atom. The molecule has 0 fully saturated rings. The quantitative estimate of drug-likeness (QED) is 0.839. The maximum atomic E-state index is 13.5. The molecule has 6 heteroatoms. The third-order valence-corrected chi connectivity index (χ3v) is 2.44. The number of rotatable bonds is 2. The predicted molar refractivity (Wildman–Crippen MR) is 56.5 cm³/mol. The Morgan fingerprint density at radius 3 is 2.06 bits per heavy atom. The lowest BCUT2D eigenvalue weighted by Gasteiger charge is -2.14. The van der Waals surface area contributed by atoms with Crippen LogP contribution in [0.1, 0.15) is 17.2 Å². The molecular formula is C12H8F4N2. The van der Waals surface area contributed by atoms with Crippen LogP contribution in [-0.2, 0) is 0 Å². The van der Waals surface area contributed by atoms with Crippen molar-refractivity contribution in [2.75, 3.05) is 0 Å². The van der Waals surface area contributed by atoms with E-state index in [9.17, 15) is 17.6 Å². The van der Waals surface area contributed by atoms with E-state index in [4.69, 9.17) is 5.73 Å². The molecule has 0 radical (unpaired) electrons. The van der Waals surface area contributed by atoms with Crippen LogP contribution >= 0.6 is 0 Å². The van der Waals surface area contributed by atoms with Gasteiger partial charge in [-0.15, -0.1) is 0 Å². The second-order valence-corrected chi connectivity index (χ2v) is 3.70. The van der Waals surface area contributed by atoms with Gasteiger partial charge < -0.3 is 5.73 Å². The summed E-state index contributed by atoms with van der Waals surface area (Å²) in [5, 5.41) is 0. The van der Waals surface area contributed by atoms with E-state index in [1.54, 1.807) is 0 Å². The zero-order valence-corrected chi connectivity index (χ0v) is 9.00. The second-order valence-electron chi connectivity index (χ2n) is 3.70. The first kappa shape index (κ1) is 12.5. The van der Waals surface area contributed by atoms with E-state index in [0.717, 1.165) is 12.3 Å². The lowest BCUT2D eigenvalue weighted by Crippen LogP contribution is -2.16. The van der Waals surface area contributed by atoms with Crippen molar-refractivity contribution < 1.29 is 17.6 Å². The molecule has 0 amide bonds. The molecule has 2 rings (SSSR count). The van der Waals surface area contributed by atoms with Gasteiger partial charge in [0.25, 0.3) is 0 Å². The van der Waals surface area contributed by atoms with Crippen molar-refractivity contribution in [2.45, 2.75) is 6.04 Å². The van der Waals surface area contributed by atoms with Crippen LogP contribution in [-0.4, -0.2) is 4.98 Å². The number of hydrogen-bond acceptors (Lipinski definition) is 2. The first-order valence-corrected chi connectivity index (χ1v) is 4.99. The van der Waals surface area contributed by atoms with Crippen LogP contribution in [0.2, 0.25) is 0 Å². The van der Waals surface area contributed by atoms with Crippen LogP contribution in [0, 0.1) is 23.3 Å². The molecule has 0 aliphatic heterocycles. The van der Waals surface area contributed by atoms with E-state index in [1.807, 2.05) is 0 Å². The Hall–Kier alpha value is -1.95. The minimum absolute atomic E-state index is 0.0967. The Kier molecular flexibility index (Phi) is 3.29. The molecule has 94 valence electrons. The average molecular weight is 256 g/mol. The summed E-state index contributed by atoms with van der Waals surface area (Å²) in [6.07, 6.45) is 2.13. The molecule has 1 atom stereocenters. The van der Waals surface area contributed by atoms with Gasteiger partial charge in [0, 0.05) is 23.9 Å². The summed E-state index contributed by atoms with van der Waals surface area (Å²) < 4.78 is 52.6. The van der Waals surface area contributed by atoms with E-state index in [-0.39, 0.29) is 5.56 Å². The van der Waals surface area contributed by atoms with Crippen LogP contribution in [0.4, 0.5) is 17.6 Å². The third kappa shape index (κ3) is 2.33. The van der Waals surface area contributed by atoms with Crippen LogP contribution in [0.15, 0.2) is 30.6 Å². The van der Waals surface area contributed by atoms with Crippen molar-refractivity contribution >= 4 is 0 Å². The summed E-state index contributed by atoms with van der Waals surface area (Å²) >= 11 is 0. The number of aromatic nitrogens is 1. The number of benzene rings is 1. The molecule has 0 bridgehead atoms. The van der Waals surface area contributed by atoms with Gasteiger partial charge >= 0.3 is 0 Å². The lowest BCUT2D eigenvalue weighted by molar-refractivity contribution is 0.514. The molecular weight excluding hydrogens is 248 g/mol. The van der Waals surface area contributed by atoms with Gasteiger partial charge in [0.05, 0.1) is 12.2 Å². The van der Waals surface area contributed by atoms with Gasteiger partial charge in [-0.3, -0.25) is 4.98 Å². The number of hydrogen-bond donors (Lipinski definition) is 1. The largest absolute Gasteiger partial charge is 0.320 e. The maximum absolute atomic E-state index is 13.5. The number of nitrogens with zero attached hydrogens (tertiary/aromatic N) is 1. The highest BCUT2D eigenvalue weighted by Crippen LogP contribution is 2.25. The number of halogens is 4. The fraction of sp³-hybridized carbons (Fsp3) is 0.0833. The van der Waals surface area contributed by atoms with Gasteiger partial charge in [-0.2, -0.15) is 0 Å². The third-order valence-electron chi connectivity index (χ3n) is 2.44. The zero-order valence-electron chi connectivity index (χ0n) is 9.00. The summed E-state index contributed by atoms with van der Waals surface area (Å²) in [5.41, 5.74) is 5.20. The van der Waals surface area contributed by atoms with Gasteiger partial charge in [-0.25, -0.2) is 17.6 Å². The second kappa shape index (κ2) is 4.73. The molecule has 2 aromatic rings. The standard InChI is InChI=1S/C12H8F4N2/c13-7-2-9(15)11(10(16)3-7)12(17)6-1-8(14)5-18-4-6/h1-5,12H,17H2. The molecule has 2 nitrogen and oxygen atoms in total. The first-order chi connectivity index (χ1) is 8.49. The van der Waals surface area contributed by atoms with Crippen molar-refractivity contribution in [2.24, 2.45) is 5.73 Å². The molecule has 0 aliphatic rings. The van der Waals surface area contributed by atoms with Crippen LogP contribution in [0.5, 0.6) is 0 Å². The number of nitrogens with two attached hydrogens (primary N) is 1. The molecule has 0 spiro atoms. The van der Waals surface area contributed by atoms with Crippen molar-refractivity contribution in [3.8, 4) is 0 Å². The Labute approximate surface area is 100 Å². The van der Waals surface area contributed by atoms with E-state index in [1.165, 1.54) is 6.20 Å². The fourth-order valence-electron chi connectivity index (χ4n) is 1.62. The maximum Gasteiger partial charge on any atom is 0.141 e. The average Bonchev–Trinajstić information content (AvgIpc) is 2.27. The Balaban J connectivity index is 2.49. The monoisotopic (exact) mass is 256 g/mol. The van der Waals surface area contributed by atoms with Gasteiger partial charge in [0.1, 0.15) is 23.3 Å². The molecule has 1 unspecified atom stereocenters. The van der Waals surface area contributed by atoms with Crippen molar-refractivity contribution in [1.82, 2.24) is 4.98 Å². The molecule has 0 saturated heterocycles. The summed E-state index contributed by atoms with van der Waals surface area (Å²) in [6.45, 7) is 0. The molecule has 0 saturated carbocycles. The van der Waals surface area contributed by atoms with E-state index in [2.05, 4.69) is 4.98 Å². The van der Waals surface area contributed by atoms with Gasteiger partial charge in [0.2, 0.25) is 0 Å². The topological polar surface area (TPSA) is 38.9 Å². The Bertz CT molecular complexity index is 563. The lowest BCUT2D eigenvalue weighted by atomic mass is 10.00. The van der Waals surface area contributed by atoms with Gasteiger partial charge in [-0.1, -0.05) is 0 Å².